The summed E-state index contributed by atoms with van der Waals surface area (Å²) in [6.45, 7) is 4.49. The summed E-state index contributed by atoms with van der Waals surface area (Å²) >= 11 is 6.54. The first kappa shape index (κ1) is 19.8. The Kier molecular flexibility index (Phi) is 5.55. The summed E-state index contributed by atoms with van der Waals surface area (Å²) in [5.41, 5.74) is 4.48. The number of aromatic nitrogens is 1. The largest absolute Gasteiger partial charge is 0.331 e. The number of halogens is 2. The van der Waals surface area contributed by atoms with Gasteiger partial charge in [-0.2, -0.15) is 0 Å². The summed E-state index contributed by atoms with van der Waals surface area (Å²) in [6.07, 6.45) is 4.17. The Labute approximate surface area is 175 Å². The molecule has 3 aromatic rings. The Morgan fingerprint density at radius 3 is 2.52 bits per heavy atom. The second-order valence-electron chi connectivity index (χ2n) is 7.97. The summed E-state index contributed by atoms with van der Waals surface area (Å²) in [5.74, 6) is -0.435. The van der Waals surface area contributed by atoms with Crippen LogP contribution in [0.15, 0.2) is 42.5 Å². The highest BCUT2D eigenvalue weighted by Gasteiger charge is 2.28. The van der Waals surface area contributed by atoms with Gasteiger partial charge in [-0.1, -0.05) is 36.1 Å². The predicted molar refractivity (Wildman–Crippen MR) is 115 cm³/mol. The van der Waals surface area contributed by atoms with Crippen molar-refractivity contribution in [3.8, 4) is 0 Å². The molecule has 1 amide bonds. The Morgan fingerprint density at radius 1 is 1.14 bits per heavy atom. The minimum atomic E-state index is -0.346. The number of rotatable bonds is 4. The fourth-order valence-corrected chi connectivity index (χ4v) is 4.51. The first-order chi connectivity index (χ1) is 13.9. The zero-order chi connectivity index (χ0) is 20.5. The maximum Gasteiger partial charge on any atom is 0.254 e. The van der Waals surface area contributed by atoms with Crippen molar-refractivity contribution < 1.29 is 9.18 Å². The van der Waals surface area contributed by atoms with Gasteiger partial charge in [0.25, 0.3) is 5.91 Å². The molecular weight excluding hydrogens is 387 g/mol. The molecule has 0 atom stereocenters. The Balaban J connectivity index is 1.71. The molecule has 0 unspecified atom stereocenters. The van der Waals surface area contributed by atoms with Gasteiger partial charge in [0.1, 0.15) is 11.0 Å². The van der Waals surface area contributed by atoms with Crippen LogP contribution in [-0.4, -0.2) is 21.8 Å². The molecular formula is C24H24ClFN2O. The molecule has 29 heavy (non-hydrogen) atoms. The second-order valence-corrected chi connectivity index (χ2v) is 8.33. The molecule has 1 fully saturated rings. The molecule has 150 valence electrons. The highest BCUT2D eigenvalue weighted by Crippen LogP contribution is 2.30. The zero-order valence-corrected chi connectivity index (χ0v) is 17.5. The fourth-order valence-electron chi connectivity index (χ4n) is 4.31. The van der Waals surface area contributed by atoms with Crippen LogP contribution in [0.5, 0.6) is 0 Å². The molecule has 0 aliphatic heterocycles. The number of pyridine rings is 1. The van der Waals surface area contributed by atoms with E-state index in [9.17, 15) is 9.18 Å². The van der Waals surface area contributed by atoms with Crippen LogP contribution in [0.2, 0.25) is 5.15 Å². The predicted octanol–water partition coefficient (Wildman–Crippen LogP) is 6.23. The van der Waals surface area contributed by atoms with Crippen LogP contribution in [-0.2, 0) is 6.54 Å². The van der Waals surface area contributed by atoms with E-state index in [0.717, 1.165) is 47.7 Å². The molecule has 0 radical (unpaired) electrons. The standard InChI is InChI=1S/C24H24ClFN2O/c1-15-11-16(2)22-18(12-15)13-19(23(25)27-22)14-28(21-5-3-4-6-21)24(29)17-7-9-20(26)10-8-17/h7-13,21H,3-6,14H2,1-2H3. The van der Waals surface area contributed by atoms with Crippen molar-refractivity contribution in [2.75, 3.05) is 0 Å². The third-order valence-corrected chi connectivity index (χ3v) is 6.06. The van der Waals surface area contributed by atoms with Crippen molar-refractivity contribution in [2.24, 2.45) is 0 Å². The van der Waals surface area contributed by atoms with Crippen LogP contribution in [0.4, 0.5) is 4.39 Å². The number of aryl methyl sites for hydroxylation is 2. The van der Waals surface area contributed by atoms with Gasteiger partial charge in [-0.25, -0.2) is 9.37 Å². The first-order valence-electron chi connectivity index (χ1n) is 10.1. The van der Waals surface area contributed by atoms with Gasteiger partial charge in [-0.15, -0.1) is 0 Å². The van der Waals surface area contributed by atoms with Gasteiger partial charge in [-0.05, 0) is 68.7 Å². The molecule has 1 aliphatic rings. The van der Waals surface area contributed by atoms with E-state index >= 15 is 0 Å². The van der Waals surface area contributed by atoms with Gasteiger partial charge < -0.3 is 4.90 Å². The van der Waals surface area contributed by atoms with Crippen molar-refractivity contribution in [1.29, 1.82) is 0 Å². The molecule has 2 aromatic carbocycles. The van der Waals surface area contributed by atoms with E-state index in [1.807, 2.05) is 17.9 Å². The van der Waals surface area contributed by atoms with E-state index in [1.165, 1.54) is 17.7 Å². The first-order valence-corrected chi connectivity index (χ1v) is 10.4. The van der Waals surface area contributed by atoms with Gasteiger partial charge in [0.05, 0.1) is 5.52 Å². The minimum absolute atomic E-state index is 0.0894. The molecule has 3 nitrogen and oxygen atoms in total. The Hall–Kier alpha value is -2.46. The Bertz CT molecular complexity index is 1060. The molecule has 4 rings (SSSR count). The van der Waals surface area contributed by atoms with Gasteiger partial charge >= 0.3 is 0 Å². The van der Waals surface area contributed by atoms with Gasteiger partial charge in [-0.3, -0.25) is 4.79 Å². The quantitative estimate of drug-likeness (QED) is 0.477. The average Bonchev–Trinajstić information content (AvgIpc) is 3.21. The number of fused-ring (bicyclic) bond motifs is 1. The van der Waals surface area contributed by atoms with Crippen LogP contribution < -0.4 is 0 Å². The lowest BCUT2D eigenvalue weighted by molar-refractivity contribution is 0.0664. The second kappa shape index (κ2) is 8.11. The number of amides is 1. The lowest BCUT2D eigenvalue weighted by Crippen LogP contribution is -2.38. The average molecular weight is 411 g/mol. The topological polar surface area (TPSA) is 33.2 Å². The highest BCUT2D eigenvalue weighted by atomic mass is 35.5. The smallest absolute Gasteiger partial charge is 0.254 e. The van der Waals surface area contributed by atoms with Gasteiger partial charge in [0, 0.05) is 29.1 Å². The molecule has 1 aliphatic carbocycles. The SMILES string of the molecule is Cc1cc(C)c2nc(Cl)c(CN(C(=O)c3ccc(F)cc3)C3CCCC3)cc2c1. The monoisotopic (exact) mass is 410 g/mol. The third kappa shape index (κ3) is 4.13. The van der Waals surface area contributed by atoms with Gasteiger partial charge in [0.15, 0.2) is 0 Å². The van der Waals surface area contributed by atoms with Crippen LogP contribution >= 0.6 is 11.6 Å². The molecule has 5 heteroatoms. The van der Waals surface area contributed by atoms with Crippen LogP contribution in [0.1, 0.15) is 52.7 Å². The lowest BCUT2D eigenvalue weighted by Gasteiger charge is -2.29. The summed E-state index contributed by atoms with van der Waals surface area (Å²) < 4.78 is 13.3. The summed E-state index contributed by atoms with van der Waals surface area (Å²) in [5, 5.41) is 1.46. The summed E-state index contributed by atoms with van der Waals surface area (Å²) in [6, 6.07) is 12.2. The zero-order valence-electron chi connectivity index (χ0n) is 16.7. The Morgan fingerprint density at radius 2 is 1.83 bits per heavy atom. The number of benzene rings is 2. The van der Waals surface area contributed by atoms with E-state index in [-0.39, 0.29) is 17.8 Å². The summed E-state index contributed by atoms with van der Waals surface area (Å²) in [4.78, 5) is 19.8. The van der Waals surface area contributed by atoms with E-state index < -0.39 is 0 Å². The van der Waals surface area contributed by atoms with Crippen molar-refractivity contribution in [3.63, 3.8) is 0 Å². The number of carbonyl (C=O) groups excluding carboxylic acids is 1. The highest BCUT2D eigenvalue weighted by molar-refractivity contribution is 6.30. The van der Waals surface area contributed by atoms with E-state index in [2.05, 4.69) is 24.0 Å². The maximum atomic E-state index is 13.3. The molecule has 0 spiro atoms. The number of carbonyl (C=O) groups is 1. The number of hydrogen-bond acceptors (Lipinski definition) is 2. The van der Waals surface area contributed by atoms with Crippen molar-refractivity contribution in [3.05, 3.63) is 75.7 Å². The van der Waals surface area contributed by atoms with Crippen molar-refractivity contribution in [1.82, 2.24) is 9.88 Å². The minimum Gasteiger partial charge on any atom is -0.331 e. The molecule has 0 saturated heterocycles. The lowest BCUT2D eigenvalue weighted by atomic mass is 10.0. The van der Waals surface area contributed by atoms with E-state index in [1.54, 1.807) is 12.1 Å². The molecule has 1 heterocycles. The van der Waals surface area contributed by atoms with Crippen LogP contribution in [0, 0.1) is 19.7 Å². The van der Waals surface area contributed by atoms with Crippen LogP contribution in [0.3, 0.4) is 0 Å². The van der Waals surface area contributed by atoms with E-state index in [4.69, 9.17) is 11.6 Å². The molecule has 1 saturated carbocycles. The van der Waals surface area contributed by atoms with Crippen molar-refractivity contribution >= 4 is 28.4 Å². The number of hydrogen-bond donors (Lipinski definition) is 0. The molecule has 1 aromatic heterocycles. The van der Waals surface area contributed by atoms with Gasteiger partial charge in [0.2, 0.25) is 0 Å². The summed E-state index contributed by atoms with van der Waals surface area (Å²) in [7, 11) is 0. The van der Waals surface area contributed by atoms with Crippen LogP contribution in [0.25, 0.3) is 10.9 Å². The third-order valence-electron chi connectivity index (χ3n) is 5.74. The molecule has 0 N–H and O–H groups in total. The fraction of sp³-hybridized carbons (Fsp3) is 0.333. The molecule has 0 bridgehead atoms. The maximum absolute atomic E-state index is 13.3. The van der Waals surface area contributed by atoms with E-state index in [0.29, 0.717) is 17.3 Å². The van der Waals surface area contributed by atoms with Crippen molar-refractivity contribution in [2.45, 2.75) is 52.1 Å². The normalized spacial score (nSPS) is 14.5. The number of nitrogens with zero attached hydrogens (tertiary/aromatic N) is 2.